The third-order valence-corrected chi connectivity index (χ3v) is 3.65. The van der Waals surface area contributed by atoms with Crippen LogP contribution in [0.15, 0.2) is 30.3 Å². The van der Waals surface area contributed by atoms with Crippen molar-refractivity contribution in [2.24, 2.45) is 5.73 Å². The summed E-state index contributed by atoms with van der Waals surface area (Å²) in [6.07, 6.45) is 3.34. The van der Waals surface area contributed by atoms with Crippen LogP contribution < -0.4 is 10.5 Å². The van der Waals surface area contributed by atoms with Gasteiger partial charge in [0, 0.05) is 38.4 Å². The largest absolute Gasteiger partial charge is 0.490 e. The van der Waals surface area contributed by atoms with Gasteiger partial charge < -0.3 is 15.4 Å². The second-order valence-electron chi connectivity index (χ2n) is 5.53. The minimum Gasteiger partial charge on any atom is -0.490 e. The standard InChI is InChI=1S/C16H24N2O2.ClH/c1-13(17)7-8-16(19)18-11-9-15(10-12-18)20-14-5-3-2-4-6-14;/h2-6,13,15H,7-12,17H2,1H3;1H. The third-order valence-electron chi connectivity index (χ3n) is 3.65. The van der Waals surface area contributed by atoms with E-state index in [2.05, 4.69) is 0 Å². The first-order valence-electron chi connectivity index (χ1n) is 7.40. The van der Waals surface area contributed by atoms with Gasteiger partial charge in [0.1, 0.15) is 11.9 Å². The Balaban J connectivity index is 0.00000220. The smallest absolute Gasteiger partial charge is 0.222 e. The SMILES string of the molecule is CC(N)CCC(=O)N1CCC(Oc2ccccc2)CC1.Cl. The van der Waals surface area contributed by atoms with E-state index in [9.17, 15) is 4.79 Å². The van der Waals surface area contributed by atoms with E-state index in [0.717, 1.165) is 38.1 Å². The minimum atomic E-state index is 0. The topological polar surface area (TPSA) is 55.6 Å². The van der Waals surface area contributed by atoms with Crippen LogP contribution in [0.25, 0.3) is 0 Å². The molecule has 1 aromatic carbocycles. The first-order chi connectivity index (χ1) is 9.65. The molecule has 2 rings (SSSR count). The molecule has 1 aliphatic rings. The number of piperidine rings is 1. The fourth-order valence-electron chi connectivity index (χ4n) is 2.42. The van der Waals surface area contributed by atoms with E-state index in [-0.39, 0.29) is 30.5 Å². The number of hydrogen-bond donors (Lipinski definition) is 1. The summed E-state index contributed by atoms with van der Waals surface area (Å²) in [4.78, 5) is 13.9. The normalized spacial score (nSPS) is 17.0. The number of amides is 1. The van der Waals surface area contributed by atoms with Gasteiger partial charge in [-0.05, 0) is 25.5 Å². The van der Waals surface area contributed by atoms with E-state index in [4.69, 9.17) is 10.5 Å². The van der Waals surface area contributed by atoms with Crippen LogP contribution in [0.5, 0.6) is 5.75 Å². The molecule has 0 spiro atoms. The number of hydrogen-bond acceptors (Lipinski definition) is 3. The van der Waals surface area contributed by atoms with Crippen molar-refractivity contribution in [2.75, 3.05) is 13.1 Å². The van der Waals surface area contributed by atoms with Gasteiger partial charge in [0.15, 0.2) is 0 Å². The Bertz CT molecular complexity index is 418. The molecule has 1 atom stereocenters. The number of likely N-dealkylation sites (tertiary alicyclic amines) is 1. The van der Waals surface area contributed by atoms with Crippen LogP contribution in [0, 0.1) is 0 Å². The molecule has 4 nitrogen and oxygen atoms in total. The van der Waals surface area contributed by atoms with Crippen LogP contribution in [0.2, 0.25) is 0 Å². The Morgan fingerprint density at radius 1 is 1.33 bits per heavy atom. The first-order valence-corrected chi connectivity index (χ1v) is 7.40. The lowest BCUT2D eigenvalue weighted by Crippen LogP contribution is -2.42. The second kappa shape index (κ2) is 8.90. The second-order valence-corrected chi connectivity index (χ2v) is 5.53. The average molecular weight is 313 g/mol. The molecule has 0 radical (unpaired) electrons. The van der Waals surface area contributed by atoms with Gasteiger partial charge in [0.25, 0.3) is 0 Å². The molecule has 0 bridgehead atoms. The lowest BCUT2D eigenvalue weighted by Gasteiger charge is -2.32. The quantitative estimate of drug-likeness (QED) is 0.909. The minimum absolute atomic E-state index is 0. The fraction of sp³-hybridized carbons (Fsp3) is 0.562. The molecule has 0 aliphatic carbocycles. The van der Waals surface area contributed by atoms with E-state index in [1.807, 2.05) is 42.2 Å². The van der Waals surface area contributed by atoms with Crippen LogP contribution in [0.3, 0.4) is 0 Å². The number of nitrogens with zero attached hydrogens (tertiary/aromatic N) is 1. The highest BCUT2D eigenvalue weighted by molar-refractivity contribution is 5.85. The highest BCUT2D eigenvalue weighted by Crippen LogP contribution is 2.19. The Hall–Kier alpha value is -1.26. The average Bonchev–Trinajstić information content (AvgIpc) is 2.46. The summed E-state index contributed by atoms with van der Waals surface area (Å²) in [6.45, 7) is 3.51. The zero-order valence-corrected chi connectivity index (χ0v) is 13.3. The van der Waals surface area contributed by atoms with Gasteiger partial charge in [0.2, 0.25) is 5.91 Å². The summed E-state index contributed by atoms with van der Waals surface area (Å²) < 4.78 is 5.92. The van der Waals surface area contributed by atoms with Crippen LogP contribution in [-0.4, -0.2) is 36.0 Å². The fourth-order valence-corrected chi connectivity index (χ4v) is 2.42. The van der Waals surface area contributed by atoms with Crippen molar-refractivity contribution in [2.45, 2.75) is 44.8 Å². The number of ether oxygens (including phenoxy) is 1. The molecule has 2 N–H and O–H groups in total. The van der Waals surface area contributed by atoms with Crippen LogP contribution in [0.1, 0.15) is 32.6 Å². The van der Waals surface area contributed by atoms with Crippen molar-refractivity contribution < 1.29 is 9.53 Å². The Kier molecular flexibility index (Phi) is 7.54. The lowest BCUT2D eigenvalue weighted by molar-refractivity contribution is -0.133. The number of carbonyl (C=O) groups is 1. The van der Waals surface area contributed by atoms with Gasteiger partial charge in [-0.25, -0.2) is 0 Å². The Morgan fingerprint density at radius 3 is 2.52 bits per heavy atom. The number of para-hydroxylation sites is 1. The first kappa shape index (κ1) is 17.8. The van der Waals surface area contributed by atoms with Crippen LogP contribution in [-0.2, 0) is 4.79 Å². The molecular formula is C16H25ClN2O2. The summed E-state index contributed by atoms with van der Waals surface area (Å²) in [6, 6.07) is 9.97. The van der Waals surface area contributed by atoms with E-state index in [1.54, 1.807) is 0 Å². The number of nitrogens with two attached hydrogens (primary N) is 1. The van der Waals surface area contributed by atoms with Gasteiger partial charge >= 0.3 is 0 Å². The lowest BCUT2D eigenvalue weighted by atomic mass is 10.1. The maximum atomic E-state index is 12.0. The molecule has 0 saturated carbocycles. The molecule has 1 saturated heterocycles. The summed E-state index contributed by atoms with van der Waals surface area (Å²) in [5.41, 5.74) is 5.69. The van der Waals surface area contributed by atoms with Gasteiger partial charge in [-0.2, -0.15) is 0 Å². The summed E-state index contributed by atoms with van der Waals surface area (Å²) in [5, 5.41) is 0. The van der Waals surface area contributed by atoms with Crippen LogP contribution >= 0.6 is 12.4 Å². The zero-order chi connectivity index (χ0) is 14.4. The van der Waals surface area contributed by atoms with Crippen molar-refractivity contribution in [3.63, 3.8) is 0 Å². The Labute approximate surface area is 133 Å². The highest BCUT2D eigenvalue weighted by atomic mass is 35.5. The van der Waals surface area contributed by atoms with Crippen molar-refractivity contribution in [3.05, 3.63) is 30.3 Å². The van der Waals surface area contributed by atoms with Gasteiger partial charge in [-0.15, -0.1) is 12.4 Å². The molecule has 0 aromatic heterocycles. The number of carbonyl (C=O) groups excluding carboxylic acids is 1. The molecule has 1 amide bonds. The molecule has 21 heavy (non-hydrogen) atoms. The molecule has 1 aromatic rings. The van der Waals surface area contributed by atoms with Gasteiger partial charge in [-0.1, -0.05) is 18.2 Å². The van der Waals surface area contributed by atoms with E-state index in [0.29, 0.717) is 6.42 Å². The predicted octanol–water partition coefficient (Wildman–Crippen LogP) is 2.61. The summed E-state index contributed by atoms with van der Waals surface area (Å²) in [7, 11) is 0. The van der Waals surface area contributed by atoms with E-state index < -0.39 is 0 Å². The molecule has 1 aliphatic heterocycles. The molecule has 118 valence electrons. The molecule has 1 heterocycles. The van der Waals surface area contributed by atoms with Crippen molar-refractivity contribution >= 4 is 18.3 Å². The van der Waals surface area contributed by atoms with Gasteiger partial charge in [0.05, 0.1) is 0 Å². The molecule has 1 fully saturated rings. The van der Waals surface area contributed by atoms with Gasteiger partial charge in [-0.3, -0.25) is 4.79 Å². The number of benzene rings is 1. The maximum absolute atomic E-state index is 12.0. The summed E-state index contributed by atoms with van der Waals surface area (Å²) in [5.74, 6) is 1.13. The Morgan fingerprint density at radius 2 is 1.95 bits per heavy atom. The highest BCUT2D eigenvalue weighted by Gasteiger charge is 2.23. The zero-order valence-electron chi connectivity index (χ0n) is 12.5. The van der Waals surface area contributed by atoms with E-state index >= 15 is 0 Å². The molecule has 5 heteroatoms. The molecular weight excluding hydrogens is 288 g/mol. The monoisotopic (exact) mass is 312 g/mol. The maximum Gasteiger partial charge on any atom is 0.222 e. The van der Waals surface area contributed by atoms with Crippen molar-refractivity contribution in [3.8, 4) is 5.75 Å². The number of halogens is 1. The predicted molar refractivity (Wildman–Crippen MR) is 86.8 cm³/mol. The third kappa shape index (κ3) is 5.94. The molecule has 1 unspecified atom stereocenters. The van der Waals surface area contributed by atoms with Crippen molar-refractivity contribution in [1.29, 1.82) is 0 Å². The van der Waals surface area contributed by atoms with Crippen molar-refractivity contribution in [1.82, 2.24) is 4.90 Å². The van der Waals surface area contributed by atoms with Crippen LogP contribution in [0.4, 0.5) is 0 Å². The number of rotatable bonds is 5. The summed E-state index contributed by atoms with van der Waals surface area (Å²) >= 11 is 0. The van der Waals surface area contributed by atoms with E-state index in [1.165, 1.54) is 0 Å².